The van der Waals surface area contributed by atoms with Gasteiger partial charge in [-0.2, -0.15) is 0 Å². The highest BCUT2D eigenvalue weighted by Crippen LogP contribution is 2.05. The number of rotatable bonds is 8. The molecule has 1 N–H and O–H groups in total. The summed E-state index contributed by atoms with van der Waals surface area (Å²) in [5.41, 5.74) is 0. The molecule has 0 fully saturated rings. The summed E-state index contributed by atoms with van der Waals surface area (Å²) in [6.07, 6.45) is 7.62. The van der Waals surface area contributed by atoms with Crippen LogP contribution in [0.3, 0.4) is 0 Å². The highest BCUT2D eigenvalue weighted by molar-refractivity contribution is 4.52. The minimum atomic E-state index is -0.296. The standard InChI is InChI=1S/C11H25NO/c1-4-5-6-7-8-9-10-12(3)11(2)13/h11,13H,4-10H2,1-3H3. The summed E-state index contributed by atoms with van der Waals surface area (Å²) >= 11 is 0. The summed E-state index contributed by atoms with van der Waals surface area (Å²) in [5, 5.41) is 9.19. The van der Waals surface area contributed by atoms with Crippen LogP contribution in [0.1, 0.15) is 52.4 Å². The smallest absolute Gasteiger partial charge is 0.104 e. The zero-order valence-electron chi connectivity index (χ0n) is 9.42. The number of hydrogen-bond donors (Lipinski definition) is 1. The van der Waals surface area contributed by atoms with Crippen molar-refractivity contribution < 1.29 is 5.11 Å². The molecule has 0 aromatic rings. The number of aliphatic hydroxyl groups excluding tert-OH is 1. The minimum Gasteiger partial charge on any atom is -0.379 e. The summed E-state index contributed by atoms with van der Waals surface area (Å²) in [6, 6.07) is 0. The van der Waals surface area contributed by atoms with E-state index in [-0.39, 0.29) is 6.23 Å². The van der Waals surface area contributed by atoms with Gasteiger partial charge in [0.25, 0.3) is 0 Å². The Balaban J connectivity index is 3.07. The van der Waals surface area contributed by atoms with Crippen LogP contribution < -0.4 is 0 Å². The molecule has 80 valence electrons. The van der Waals surface area contributed by atoms with Crippen molar-refractivity contribution in [3.8, 4) is 0 Å². The van der Waals surface area contributed by atoms with E-state index in [0.29, 0.717) is 0 Å². The SMILES string of the molecule is CCCCCCCCN(C)C(C)O. The van der Waals surface area contributed by atoms with Gasteiger partial charge in [0.15, 0.2) is 0 Å². The van der Waals surface area contributed by atoms with Gasteiger partial charge < -0.3 is 5.11 Å². The van der Waals surface area contributed by atoms with Crippen molar-refractivity contribution in [1.82, 2.24) is 4.90 Å². The summed E-state index contributed by atoms with van der Waals surface area (Å²) < 4.78 is 0. The van der Waals surface area contributed by atoms with Gasteiger partial charge in [-0.1, -0.05) is 39.0 Å². The molecule has 0 saturated heterocycles. The van der Waals surface area contributed by atoms with Crippen LogP contribution in [-0.2, 0) is 0 Å². The Bertz CT molecular complexity index is 104. The lowest BCUT2D eigenvalue weighted by molar-refractivity contribution is 0.0373. The maximum atomic E-state index is 9.19. The maximum Gasteiger partial charge on any atom is 0.104 e. The monoisotopic (exact) mass is 187 g/mol. The van der Waals surface area contributed by atoms with E-state index in [0.717, 1.165) is 6.54 Å². The summed E-state index contributed by atoms with van der Waals surface area (Å²) in [7, 11) is 1.97. The van der Waals surface area contributed by atoms with Crippen molar-refractivity contribution in [3.63, 3.8) is 0 Å². The van der Waals surface area contributed by atoms with Gasteiger partial charge in [0.05, 0.1) is 0 Å². The molecule has 0 radical (unpaired) electrons. The van der Waals surface area contributed by atoms with Crippen LogP contribution in [0.15, 0.2) is 0 Å². The first-order valence-corrected chi connectivity index (χ1v) is 5.56. The van der Waals surface area contributed by atoms with Gasteiger partial charge >= 0.3 is 0 Å². The second-order valence-electron chi connectivity index (χ2n) is 3.88. The van der Waals surface area contributed by atoms with Gasteiger partial charge in [-0.15, -0.1) is 0 Å². The van der Waals surface area contributed by atoms with Crippen LogP contribution in [0.5, 0.6) is 0 Å². The molecule has 2 heteroatoms. The Morgan fingerprint density at radius 3 is 2.15 bits per heavy atom. The van der Waals surface area contributed by atoms with Crippen LogP contribution in [0.4, 0.5) is 0 Å². The lowest BCUT2D eigenvalue weighted by Crippen LogP contribution is -2.29. The number of nitrogens with zero attached hydrogens (tertiary/aromatic N) is 1. The largest absolute Gasteiger partial charge is 0.379 e. The normalized spacial score (nSPS) is 13.6. The van der Waals surface area contributed by atoms with Crippen LogP contribution in [0.2, 0.25) is 0 Å². The highest BCUT2D eigenvalue weighted by atomic mass is 16.3. The van der Waals surface area contributed by atoms with Crippen molar-refractivity contribution in [3.05, 3.63) is 0 Å². The van der Waals surface area contributed by atoms with Crippen molar-refractivity contribution in [2.75, 3.05) is 13.6 Å². The summed E-state index contributed by atoms with van der Waals surface area (Å²) in [6.45, 7) is 5.07. The molecule has 1 unspecified atom stereocenters. The van der Waals surface area contributed by atoms with Gasteiger partial charge in [-0.25, -0.2) is 0 Å². The van der Waals surface area contributed by atoms with Crippen molar-refractivity contribution >= 4 is 0 Å². The molecule has 0 heterocycles. The molecule has 0 aromatic carbocycles. The lowest BCUT2D eigenvalue weighted by Gasteiger charge is -2.19. The molecule has 0 spiro atoms. The molecule has 0 amide bonds. The highest BCUT2D eigenvalue weighted by Gasteiger charge is 2.02. The van der Waals surface area contributed by atoms with Crippen molar-refractivity contribution in [2.24, 2.45) is 0 Å². The van der Waals surface area contributed by atoms with Crippen LogP contribution in [0, 0.1) is 0 Å². The lowest BCUT2D eigenvalue weighted by atomic mass is 10.1. The second kappa shape index (κ2) is 8.52. The predicted molar refractivity (Wildman–Crippen MR) is 57.7 cm³/mol. The number of aliphatic hydroxyl groups is 1. The van der Waals surface area contributed by atoms with E-state index in [1.165, 1.54) is 38.5 Å². The maximum absolute atomic E-state index is 9.19. The van der Waals surface area contributed by atoms with Crippen molar-refractivity contribution in [1.29, 1.82) is 0 Å². The summed E-state index contributed by atoms with van der Waals surface area (Å²) in [4.78, 5) is 1.99. The molecular weight excluding hydrogens is 162 g/mol. The topological polar surface area (TPSA) is 23.5 Å². The van der Waals surface area contributed by atoms with E-state index in [1.807, 2.05) is 18.9 Å². The quantitative estimate of drug-likeness (QED) is 0.466. The van der Waals surface area contributed by atoms with Gasteiger partial charge in [-0.05, 0) is 20.4 Å². The molecule has 0 aromatic heterocycles. The molecule has 0 aliphatic heterocycles. The molecule has 1 atom stereocenters. The Kier molecular flexibility index (Phi) is 8.46. The van der Waals surface area contributed by atoms with Crippen LogP contribution >= 0.6 is 0 Å². The molecular formula is C11H25NO. The number of unbranched alkanes of at least 4 members (excludes halogenated alkanes) is 5. The molecule has 13 heavy (non-hydrogen) atoms. The van der Waals surface area contributed by atoms with E-state index < -0.39 is 0 Å². The zero-order valence-corrected chi connectivity index (χ0v) is 9.42. The van der Waals surface area contributed by atoms with Gasteiger partial charge in [0.1, 0.15) is 6.23 Å². The first-order chi connectivity index (χ1) is 6.18. The fourth-order valence-electron chi connectivity index (χ4n) is 1.33. The van der Waals surface area contributed by atoms with Gasteiger partial charge in [-0.3, -0.25) is 4.90 Å². The van der Waals surface area contributed by atoms with Gasteiger partial charge in [0.2, 0.25) is 0 Å². The minimum absolute atomic E-state index is 0.296. The third-order valence-corrected chi connectivity index (χ3v) is 2.50. The third kappa shape index (κ3) is 8.26. The van der Waals surface area contributed by atoms with E-state index >= 15 is 0 Å². The summed E-state index contributed by atoms with van der Waals surface area (Å²) in [5.74, 6) is 0. The molecule has 0 aliphatic carbocycles. The average molecular weight is 187 g/mol. The van der Waals surface area contributed by atoms with Crippen LogP contribution in [-0.4, -0.2) is 29.8 Å². The molecule has 2 nitrogen and oxygen atoms in total. The number of hydrogen-bond acceptors (Lipinski definition) is 2. The van der Waals surface area contributed by atoms with Crippen molar-refractivity contribution in [2.45, 2.75) is 58.6 Å². The Labute approximate surface area is 82.9 Å². The van der Waals surface area contributed by atoms with Crippen LogP contribution in [0.25, 0.3) is 0 Å². The van der Waals surface area contributed by atoms with E-state index in [2.05, 4.69) is 6.92 Å². The molecule has 0 saturated carbocycles. The second-order valence-corrected chi connectivity index (χ2v) is 3.88. The van der Waals surface area contributed by atoms with Gasteiger partial charge in [0, 0.05) is 6.54 Å². The molecule has 0 aliphatic rings. The fourth-order valence-corrected chi connectivity index (χ4v) is 1.33. The fraction of sp³-hybridized carbons (Fsp3) is 1.00. The Morgan fingerprint density at radius 2 is 1.62 bits per heavy atom. The zero-order chi connectivity index (χ0) is 10.1. The first kappa shape index (κ1) is 12.9. The van der Waals surface area contributed by atoms with E-state index in [1.54, 1.807) is 0 Å². The predicted octanol–water partition coefficient (Wildman–Crippen LogP) is 2.62. The van der Waals surface area contributed by atoms with E-state index in [4.69, 9.17) is 0 Å². The average Bonchev–Trinajstić information content (AvgIpc) is 2.10. The Hall–Kier alpha value is -0.0800. The van der Waals surface area contributed by atoms with E-state index in [9.17, 15) is 5.11 Å². The first-order valence-electron chi connectivity index (χ1n) is 5.56. The molecule has 0 bridgehead atoms. The Morgan fingerprint density at radius 1 is 1.08 bits per heavy atom. The molecule has 0 rings (SSSR count). The third-order valence-electron chi connectivity index (χ3n) is 2.50.